The summed E-state index contributed by atoms with van der Waals surface area (Å²) >= 11 is 0. The number of hydrogen-bond acceptors (Lipinski definition) is 5. The average molecular weight is 427 g/mol. The van der Waals surface area contributed by atoms with Gasteiger partial charge in [-0.1, -0.05) is 25.1 Å². The minimum atomic E-state index is -0.247. The van der Waals surface area contributed by atoms with Crippen molar-refractivity contribution in [2.45, 2.75) is 39.0 Å². The largest absolute Gasteiger partial charge is 0.440 e. The Kier molecular flexibility index (Phi) is 4.59. The monoisotopic (exact) mass is 426 g/mol. The summed E-state index contributed by atoms with van der Waals surface area (Å²) in [6, 6.07) is 14.3. The second-order valence-electron chi connectivity index (χ2n) is 9.26. The van der Waals surface area contributed by atoms with Gasteiger partial charge in [-0.15, -0.1) is 0 Å². The maximum Gasteiger partial charge on any atom is 0.270 e. The number of nitrogens with zero attached hydrogens (tertiary/aromatic N) is 4. The van der Waals surface area contributed by atoms with Crippen LogP contribution in [-0.2, 0) is 12.5 Å². The molecule has 2 aromatic carbocycles. The van der Waals surface area contributed by atoms with Crippen molar-refractivity contribution in [3.05, 3.63) is 69.3 Å². The summed E-state index contributed by atoms with van der Waals surface area (Å²) < 4.78 is 7.72. The Bertz CT molecular complexity index is 1460. The van der Waals surface area contributed by atoms with Crippen molar-refractivity contribution >= 4 is 27.7 Å². The maximum atomic E-state index is 13.0. The smallest absolute Gasteiger partial charge is 0.270 e. The van der Waals surface area contributed by atoms with Gasteiger partial charge in [-0.05, 0) is 56.0 Å². The average Bonchev–Trinajstić information content (AvgIpc) is 3.21. The number of rotatable bonds is 2. The molecule has 0 saturated carbocycles. The standard InChI is InChI=1S/C26H26N4O2/c1-16-6-8-22-20(13-16)28-25(32-22)26(3)9-11-30(12-10-26)23-18-7-5-17(2)14-21(18)29(4)24(31)19(23)15-27/h5-8,13-14H,9-12H2,1-4H3. The first-order chi connectivity index (χ1) is 15.3. The molecule has 1 fully saturated rings. The predicted octanol–water partition coefficient (Wildman–Crippen LogP) is 4.73. The molecule has 0 amide bonds. The van der Waals surface area contributed by atoms with Gasteiger partial charge in [0.2, 0.25) is 5.89 Å². The third-order valence-electron chi connectivity index (χ3n) is 6.88. The van der Waals surface area contributed by atoms with Crippen molar-refractivity contribution in [2.24, 2.45) is 7.05 Å². The molecule has 1 aliphatic rings. The van der Waals surface area contributed by atoms with Crippen LogP contribution >= 0.6 is 0 Å². The Morgan fingerprint density at radius 2 is 1.78 bits per heavy atom. The molecule has 32 heavy (non-hydrogen) atoms. The fourth-order valence-corrected chi connectivity index (χ4v) is 4.80. The third-order valence-corrected chi connectivity index (χ3v) is 6.88. The van der Waals surface area contributed by atoms with Gasteiger partial charge in [0.25, 0.3) is 5.56 Å². The van der Waals surface area contributed by atoms with Gasteiger partial charge in [-0.2, -0.15) is 5.26 Å². The molecule has 0 atom stereocenters. The van der Waals surface area contributed by atoms with Crippen molar-refractivity contribution in [1.82, 2.24) is 9.55 Å². The Labute approximate surface area is 186 Å². The van der Waals surface area contributed by atoms with Crippen LogP contribution in [0.1, 0.15) is 42.3 Å². The number of nitriles is 1. The quantitative estimate of drug-likeness (QED) is 0.463. The van der Waals surface area contributed by atoms with E-state index >= 15 is 0 Å². The first kappa shape index (κ1) is 20.3. The molecule has 162 valence electrons. The molecule has 0 radical (unpaired) electrons. The van der Waals surface area contributed by atoms with Gasteiger partial charge in [-0.25, -0.2) is 4.98 Å². The molecule has 6 nitrogen and oxygen atoms in total. The molecule has 5 rings (SSSR count). The molecule has 1 aliphatic heterocycles. The van der Waals surface area contributed by atoms with Gasteiger partial charge in [0, 0.05) is 30.9 Å². The van der Waals surface area contributed by atoms with E-state index in [-0.39, 0.29) is 16.5 Å². The van der Waals surface area contributed by atoms with Crippen molar-refractivity contribution in [1.29, 1.82) is 5.26 Å². The van der Waals surface area contributed by atoms with Gasteiger partial charge in [0.05, 0.1) is 11.2 Å². The van der Waals surface area contributed by atoms with Crippen LogP contribution < -0.4 is 10.5 Å². The zero-order valence-corrected chi connectivity index (χ0v) is 18.9. The minimum absolute atomic E-state index is 0.192. The summed E-state index contributed by atoms with van der Waals surface area (Å²) in [6.45, 7) is 7.70. The van der Waals surface area contributed by atoms with E-state index < -0.39 is 0 Å². The first-order valence-corrected chi connectivity index (χ1v) is 11.0. The lowest BCUT2D eigenvalue weighted by molar-refractivity contribution is 0.292. The highest BCUT2D eigenvalue weighted by Crippen LogP contribution is 2.39. The van der Waals surface area contributed by atoms with E-state index in [1.807, 2.05) is 43.3 Å². The van der Waals surface area contributed by atoms with Crippen molar-refractivity contribution in [2.75, 3.05) is 18.0 Å². The van der Waals surface area contributed by atoms with E-state index in [1.165, 1.54) is 0 Å². The van der Waals surface area contributed by atoms with E-state index in [0.717, 1.165) is 70.6 Å². The van der Waals surface area contributed by atoms with Gasteiger partial charge >= 0.3 is 0 Å². The number of piperidine rings is 1. The molecular formula is C26H26N4O2. The summed E-state index contributed by atoms with van der Waals surface area (Å²) in [5, 5.41) is 10.8. The van der Waals surface area contributed by atoms with Crippen molar-refractivity contribution in [3.63, 3.8) is 0 Å². The fraction of sp³-hybridized carbons (Fsp3) is 0.346. The van der Waals surface area contributed by atoms with E-state index in [1.54, 1.807) is 11.6 Å². The lowest BCUT2D eigenvalue weighted by Crippen LogP contribution is -2.42. The zero-order chi connectivity index (χ0) is 22.6. The Morgan fingerprint density at radius 1 is 1.09 bits per heavy atom. The van der Waals surface area contributed by atoms with E-state index in [9.17, 15) is 10.1 Å². The maximum absolute atomic E-state index is 13.0. The second-order valence-corrected chi connectivity index (χ2v) is 9.26. The third kappa shape index (κ3) is 3.08. The summed E-state index contributed by atoms with van der Waals surface area (Å²) in [7, 11) is 1.73. The van der Waals surface area contributed by atoms with E-state index in [4.69, 9.17) is 9.40 Å². The molecule has 6 heteroatoms. The van der Waals surface area contributed by atoms with Gasteiger partial charge < -0.3 is 13.9 Å². The summed E-state index contributed by atoms with van der Waals surface area (Å²) in [6.07, 6.45) is 1.65. The normalized spacial score (nSPS) is 15.9. The van der Waals surface area contributed by atoms with Crippen LogP contribution in [0.15, 0.2) is 45.6 Å². The number of hydrogen-bond donors (Lipinski definition) is 0. The van der Waals surface area contributed by atoms with Crippen molar-refractivity contribution in [3.8, 4) is 6.07 Å². The summed E-state index contributed by atoms with van der Waals surface area (Å²) in [5.74, 6) is 0.766. The predicted molar refractivity (Wildman–Crippen MR) is 126 cm³/mol. The number of oxazole rings is 1. The van der Waals surface area contributed by atoms with Crippen LogP contribution in [0, 0.1) is 25.2 Å². The number of anilines is 1. The molecule has 4 aromatic rings. The first-order valence-electron chi connectivity index (χ1n) is 11.0. The zero-order valence-electron chi connectivity index (χ0n) is 18.9. The second kappa shape index (κ2) is 7.23. The Morgan fingerprint density at radius 3 is 2.50 bits per heavy atom. The molecule has 1 saturated heterocycles. The Balaban J connectivity index is 1.53. The fourth-order valence-electron chi connectivity index (χ4n) is 4.80. The van der Waals surface area contributed by atoms with Crippen LogP contribution in [0.4, 0.5) is 5.69 Å². The highest BCUT2D eigenvalue weighted by atomic mass is 16.3. The highest BCUT2D eigenvalue weighted by molar-refractivity contribution is 5.95. The molecule has 0 unspecified atom stereocenters. The van der Waals surface area contributed by atoms with Crippen LogP contribution in [0.3, 0.4) is 0 Å². The van der Waals surface area contributed by atoms with Gasteiger partial charge in [0.1, 0.15) is 17.1 Å². The molecular weight excluding hydrogens is 400 g/mol. The molecule has 0 aliphatic carbocycles. The highest BCUT2D eigenvalue weighted by Gasteiger charge is 2.37. The van der Waals surface area contributed by atoms with E-state index in [2.05, 4.69) is 24.8 Å². The number of pyridine rings is 1. The topological polar surface area (TPSA) is 75.1 Å². The van der Waals surface area contributed by atoms with E-state index in [0.29, 0.717) is 0 Å². The van der Waals surface area contributed by atoms with Gasteiger partial charge in [-0.3, -0.25) is 4.79 Å². The Hall–Kier alpha value is -3.59. The molecule has 3 heterocycles. The summed E-state index contributed by atoms with van der Waals surface area (Å²) in [5.41, 5.74) is 5.33. The van der Waals surface area contributed by atoms with Gasteiger partial charge in [0.15, 0.2) is 5.58 Å². The van der Waals surface area contributed by atoms with Crippen LogP contribution in [-0.4, -0.2) is 22.6 Å². The van der Waals surface area contributed by atoms with Crippen LogP contribution in [0.25, 0.3) is 22.0 Å². The molecule has 0 spiro atoms. The number of aryl methyl sites for hydroxylation is 3. The number of aromatic nitrogens is 2. The van der Waals surface area contributed by atoms with Crippen LogP contribution in [0.5, 0.6) is 0 Å². The molecule has 0 bridgehead atoms. The SMILES string of the molecule is Cc1ccc2oc(C3(C)CCN(c4c(C#N)c(=O)n(C)c5cc(C)ccc45)CC3)nc2c1. The molecule has 0 N–H and O–H groups in total. The van der Waals surface area contributed by atoms with Crippen LogP contribution in [0.2, 0.25) is 0 Å². The minimum Gasteiger partial charge on any atom is -0.440 e. The summed E-state index contributed by atoms with van der Waals surface area (Å²) in [4.78, 5) is 19.9. The number of fused-ring (bicyclic) bond motifs is 2. The van der Waals surface area contributed by atoms with Crippen molar-refractivity contribution < 1.29 is 4.42 Å². The molecule has 2 aromatic heterocycles. The lowest BCUT2D eigenvalue weighted by Gasteiger charge is -2.39. The lowest BCUT2D eigenvalue weighted by atomic mass is 9.80. The number of benzene rings is 2.